The summed E-state index contributed by atoms with van der Waals surface area (Å²) < 4.78 is 28.8. The predicted molar refractivity (Wildman–Crippen MR) is 107 cm³/mol. The molecule has 2 aromatic rings. The van der Waals surface area contributed by atoms with Crippen LogP contribution < -0.4 is 4.74 Å². The monoisotopic (exact) mass is 411 g/mol. The van der Waals surface area contributed by atoms with E-state index < -0.39 is 9.84 Å². The summed E-state index contributed by atoms with van der Waals surface area (Å²) in [5.41, 5.74) is 1.66. The summed E-state index contributed by atoms with van der Waals surface area (Å²) in [6.07, 6.45) is 0.524. The van der Waals surface area contributed by atoms with Crippen molar-refractivity contribution in [1.29, 1.82) is 0 Å². The quantitative estimate of drug-likeness (QED) is 0.703. The molecule has 9 heteroatoms. The fourth-order valence-corrected chi connectivity index (χ4v) is 5.74. The highest BCUT2D eigenvalue weighted by molar-refractivity contribution is 7.99. The number of nitrogens with one attached hydrogen (secondary N) is 1. The topological polar surface area (TPSA) is 92.4 Å². The molecule has 0 spiro atoms. The lowest BCUT2D eigenvalue weighted by Crippen LogP contribution is -2.44. The summed E-state index contributed by atoms with van der Waals surface area (Å²) in [7, 11) is -1.42. The number of hydrogen-bond acceptors (Lipinski definition) is 6. The third kappa shape index (κ3) is 4.95. The Kier molecular flexibility index (Phi) is 6.00. The summed E-state index contributed by atoms with van der Waals surface area (Å²) in [5, 5.41) is 0.662. The van der Waals surface area contributed by atoms with Crippen molar-refractivity contribution >= 4 is 38.5 Å². The van der Waals surface area contributed by atoms with Crippen LogP contribution in [0.2, 0.25) is 0 Å². The Morgan fingerprint density at radius 2 is 2.22 bits per heavy atom. The number of aromatic amines is 1. The van der Waals surface area contributed by atoms with Gasteiger partial charge in [-0.3, -0.25) is 4.79 Å². The Balaban J connectivity index is 1.68. The molecule has 1 aromatic carbocycles. The Hall–Kier alpha value is -1.74. The number of H-pyrrole nitrogens is 1. The predicted octanol–water partition coefficient (Wildman–Crippen LogP) is 2.34. The van der Waals surface area contributed by atoms with E-state index in [0.29, 0.717) is 18.1 Å². The van der Waals surface area contributed by atoms with Crippen LogP contribution in [0.15, 0.2) is 23.4 Å². The molecular weight excluding hydrogens is 386 g/mol. The summed E-state index contributed by atoms with van der Waals surface area (Å²) in [6, 6.07) is 5.35. The molecule has 1 aliphatic heterocycles. The highest BCUT2D eigenvalue weighted by atomic mass is 32.2. The average Bonchev–Trinajstić information content (AvgIpc) is 3.18. The van der Waals surface area contributed by atoms with E-state index in [9.17, 15) is 13.2 Å². The van der Waals surface area contributed by atoms with E-state index in [1.807, 2.05) is 32.0 Å². The van der Waals surface area contributed by atoms with Gasteiger partial charge in [-0.15, -0.1) is 0 Å². The molecule has 0 radical (unpaired) electrons. The highest BCUT2D eigenvalue weighted by Gasteiger charge is 2.34. The van der Waals surface area contributed by atoms with Gasteiger partial charge in [0.15, 0.2) is 15.0 Å². The van der Waals surface area contributed by atoms with Gasteiger partial charge in [-0.25, -0.2) is 13.4 Å². The van der Waals surface area contributed by atoms with Crippen molar-refractivity contribution < 1.29 is 17.9 Å². The third-order valence-electron chi connectivity index (χ3n) is 4.53. The number of imidazole rings is 1. The number of fused-ring (bicyclic) bond motifs is 1. The number of carbonyl (C=O) groups is 1. The number of hydrogen-bond donors (Lipinski definition) is 1. The molecule has 1 aliphatic rings. The maximum atomic E-state index is 12.8. The number of aromatic nitrogens is 2. The van der Waals surface area contributed by atoms with Gasteiger partial charge in [0.2, 0.25) is 5.91 Å². The molecule has 0 bridgehead atoms. The maximum Gasteiger partial charge on any atom is 0.233 e. The lowest BCUT2D eigenvalue weighted by Gasteiger charge is -2.29. The minimum absolute atomic E-state index is 0.0474. The molecule has 1 N–H and O–H groups in total. The van der Waals surface area contributed by atoms with Gasteiger partial charge in [-0.1, -0.05) is 25.6 Å². The SMILES string of the molecule is COc1ccc2nc(SCC(=O)N(CC(C)C)[C@@H]3CCS(=O)(=O)C3)[nH]c2c1. The van der Waals surface area contributed by atoms with E-state index in [1.54, 1.807) is 12.0 Å². The number of rotatable bonds is 7. The van der Waals surface area contributed by atoms with Crippen LogP contribution in [0, 0.1) is 5.92 Å². The lowest BCUT2D eigenvalue weighted by atomic mass is 10.1. The van der Waals surface area contributed by atoms with Crippen molar-refractivity contribution in [2.24, 2.45) is 5.92 Å². The van der Waals surface area contributed by atoms with Crippen LogP contribution in [0.3, 0.4) is 0 Å². The Morgan fingerprint density at radius 1 is 1.44 bits per heavy atom. The van der Waals surface area contributed by atoms with Crippen LogP contribution in [0.25, 0.3) is 11.0 Å². The number of carbonyl (C=O) groups excluding carboxylic acids is 1. The van der Waals surface area contributed by atoms with Crippen molar-refractivity contribution in [2.45, 2.75) is 31.5 Å². The molecular formula is C18H25N3O4S2. The van der Waals surface area contributed by atoms with E-state index in [-0.39, 0.29) is 35.1 Å². The van der Waals surface area contributed by atoms with Crippen LogP contribution in [0.4, 0.5) is 0 Å². The Labute approximate surface area is 163 Å². The molecule has 7 nitrogen and oxygen atoms in total. The van der Waals surface area contributed by atoms with Crippen molar-refractivity contribution in [3.63, 3.8) is 0 Å². The number of nitrogens with zero attached hydrogens (tertiary/aromatic N) is 2. The molecule has 3 rings (SSSR count). The van der Waals surface area contributed by atoms with Crippen molar-refractivity contribution in [1.82, 2.24) is 14.9 Å². The fraction of sp³-hybridized carbons (Fsp3) is 0.556. The second-order valence-corrected chi connectivity index (χ2v) is 10.4. The zero-order valence-electron chi connectivity index (χ0n) is 15.8. The molecule has 1 fully saturated rings. The third-order valence-corrected chi connectivity index (χ3v) is 7.14. The fourth-order valence-electron chi connectivity index (χ4n) is 3.24. The van der Waals surface area contributed by atoms with Crippen LogP contribution >= 0.6 is 11.8 Å². The Bertz CT molecular complexity index is 924. The van der Waals surface area contributed by atoms with Gasteiger partial charge in [0.25, 0.3) is 0 Å². The first-order valence-corrected chi connectivity index (χ1v) is 11.7. The van der Waals surface area contributed by atoms with Crippen LogP contribution in [0.1, 0.15) is 20.3 Å². The van der Waals surface area contributed by atoms with Gasteiger partial charge < -0.3 is 14.6 Å². The van der Waals surface area contributed by atoms with Gasteiger partial charge in [-0.2, -0.15) is 0 Å². The molecule has 1 saturated heterocycles. The van der Waals surface area contributed by atoms with Gasteiger partial charge in [-0.05, 0) is 24.5 Å². The number of sulfone groups is 1. The molecule has 1 aromatic heterocycles. The zero-order chi connectivity index (χ0) is 19.6. The van der Waals surface area contributed by atoms with E-state index in [4.69, 9.17) is 4.74 Å². The van der Waals surface area contributed by atoms with Crippen molar-refractivity contribution in [2.75, 3.05) is 30.9 Å². The number of ether oxygens (including phenoxy) is 1. The minimum atomic E-state index is -3.03. The smallest absolute Gasteiger partial charge is 0.233 e. The second kappa shape index (κ2) is 8.10. The summed E-state index contributed by atoms with van der Waals surface area (Å²) in [6.45, 7) is 4.63. The van der Waals surface area contributed by atoms with Crippen LogP contribution in [-0.2, 0) is 14.6 Å². The van der Waals surface area contributed by atoms with E-state index >= 15 is 0 Å². The number of amides is 1. The van der Waals surface area contributed by atoms with Gasteiger partial charge in [0.05, 0.1) is 35.4 Å². The molecule has 27 heavy (non-hydrogen) atoms. The Morgan fingerprint density at radius 3 is 2.85 bits per heavy atom. The van der Waals surface area contributed by atoms with Gasteiger partial charge >= 0.3 is 0 Å². The molecule has 2 heterocycles. The first kappa shape index (κ1) is 20.0. The molecule has 148 valence electrons. The molecule has 0 unspecified atom stereocenters. The van der Waals surface area contributed by atoms with Gasteiger partial charge in [0.1, 0.15) is 5.75 Å². The maximum absolute atomic E-state index is 12.8. The van der Waals surface area contributed by atoms with Crippen LogP contribution in [-0.4, -0.2) is 66.1 Å². The molecule has 0 aliphatic carbocycles. The lowest BCUT2D eigenvalue weighted by molar-refractivity contribution is -0.130. The summed E-state index contributed by atoms with van der Waals surface area (Å²) in [5.74, 6) is 1.43. The first-order chi connectivity index (χ1) is 12.8. The average molecular weight is 412 g/mol. The van der Waals surface area contributed by atoms with E-state index in [0.717, 1.165) is 16.8 Å². The van der Waals surface area contributed by atoms with E-state index in [1.165, 1.54) is 11.8 Å². The largest absolute Gasteiger partial charge is 0.497 e. The summed E-state index contributed by atoms with van der Waals surface area (Å²) >= 11 is 1.33. The highest BCUT2D eigenvalue weighted by Crippen LogP contribution is 2.25. The molecule has 0 saturated carbocycles. The number of methoxy groups -OCH3 is 1. The van der Waals surface area contributed by atoms with Crippen molar-refractivity contribution in [3.8, 4) is 5.75 Å². The normalized spacial score (nSPS) is 18.9. The van der Waals surface area contributed by atoms with Gasteiger partial charge in [0, 0.05) is 18.7 Å². The molecule has 1 amide bonds. The van der Waals surface area contributed by atoms with Crippen molar-refractivity contribution in [3.05, 3.63) is 18.2 Å². The first-order valence-electron chi connectivity index (χ1n) is 8.94. The second-order valence-electron chi connectivity index (χ2n) is 7.21. The zero-order valence-corrected chi connectivity index (χ0v) is 17.4. The number of thioether (sulfide) groups is 1. The minimum Gasteiger partial charge on any atom is -0.497 e. The van der Waals surface area contributed by atoms with E-state index in [2.05, 4.69) is 9.97 Å². The standard InChI is InChI=1S/C18H25N3O4S2/c1-12(2)9-21(13-6-7-27(23,24)11-13)17(22)10-26-18-19-15-5-4-14(25-3)8-16(15)20-18/h4-5,8,12-13H,6-7,9-11H2,1-3H3,(H,19,20)/t13-/m1/s1. The molecule has 1 atom stereocenters. The number of benzene rings is 1. The summed E-state index contributed by atoms with van der Waals surface area (Å²) in [4.78, 5) is 22.2. The van der Waals surface area contributed by atoms with Crippen LogP contribution in [0.5, 0.6) is 5.75 Å².